The highest BCUT2D eigenvalue weighted by atomic mass is 16.5. The molecule has 2 aliphatic heterocycles. The number of amides is 1. The van der Waals surface area contributed by atoms with Gasteiger partial charge in [0.1, 0.15) is 6.61 Å². The Balaban J connectivity index is 1.68. The van der Waals surface area contributed by atoms with E-state index in [4.69, 9.17) is 4.74 Å². The first-order chi connectivity index (χ1) is 8.79. The maximum atomic E-state index is 11.7. The number of likely N-dealkylation sites (tertiary alicyclic amines) is 1. The van der Waals surface area contributed by atoms with E-state index in [2.05, 4.69) is 10.6 Å². The first-order valence-corrected chi connectivity index (χ1v) is 7.03. The highest BCUT2D eigenvalue weighted by Gasteiger charge is 2.24. The smallest absolute Gasteiger partial charge is 0.248 e. The van der Waals surface area contributed by atoms with Gasteiger partial charge >= 0.3 is 0 Å². The lowest BCUT2D eigenvalue weighted by Gasteiger charge is -2.35. The van der Waals surface area contributed by atoms with E-state index in [1.54, 1.807) is 7.11 Å². The molecule has 1 amide bonds. The number of hydrogen-bond acceptors (Lipinski definition) is 4. The fourth-order valence-electron chi connectivity index (χ4n) is 2.83. The molecule has 0 radical (unpaired) electrons. The van der Waals surface area contributed by atoms with Gasteiger partial charge in [-0.05, 0) is 38.8 Å². The molecule has 0 bridgehead atoms. The number of rotatable bonds is 4. The summed E-state index contributed by atoms with van der Waals surface area (Å²) in [6.07, 6.45) is 4.59. The van der Waals surface area contributed by atoms with Crippen LogP contribution in [0.1, 0.15) is 25.7 Å². The maximum Gasteiger partial charge on any atom is 0.248 e. The van der Waals surface area contributed by atoms with Gasteiger partial charge in [0.2, 0.25) is 5.91 Å². The maximum absolute atomic E-state index is 11.7. The molecule has 0 atom stereocenters. The molecule has 0 unspecified atom stereocenters. The van der Waals surface area contributed by atoms with Crippen molar-refractivity contribution in [3.05, 3.63) is 0 Å². The molecule has 0 aromatic heterocycles. The summed E-state index contributed by atoms with van der Waals surface area (Å²) < 4.78 is 4.89. The molecule has 0 saturated carbocycles. The molecule has 0 aromatic rings. The molecule has 5 heteroatoms. The average Bonchev–Trinajstić information content (AvgIpc) is 2.41. The molecule has 0 aliphatic carbocycles. The molecule has 104 valence electrons. The Morgan fingerprint density at radius 3 is 2.44 bits per heavy atom. The number of hydrogen-bond donors (Lipinski definition) is 2. The van der Waals surface area contributed by atoms with E-state index in [1.165, 1.54) is 12.8 Å². The Hall–Kier alpha value is -0.650. The van der Waals surface area contributed by atoms with Crippen molar-refractivity contribution in [2.75, 3.05) is 39.9 Å². The number of nitrogens with one attached hydrogen (secondary N) is 2. The van der Waals surface area contributed by atoms with E-state index in [-0.39, 0.29) is 12.5 Å². The van der Waals surface area contributed by atoms with Crippen LogP contribution in [0.2, 0.25) is 0 Å². The second-order valence-corrected chi connectivity index (χ2v) is 5.28. The molecule has 0 spiro atoms. The fraction of sp³-hybridized carbons (Fsp3) is 0.923. The zero-order valence-electron chi connectivity index (χ0n) is 11.3. The lowest BCUT2D eigenvalue weighted by atomic mass is 10.0. The number of ether oxygens (including phenoxy) is 1. The Kier molecular flexibility index (Phi) is 5.41. The molecular weight excluding hydrogens is 230 g/mol. The van der Waals surface area contributed by atoms with Crippen LogP contribution in [-0.2, 0) is 9.53 Å². The van der Waals surface area contributed by atoms with Crippen LogP contribution < -0.4 is 10.6 Å². The Morgan fingerprint density at radius 2 is 1.83 bits per heavy atom. The summed E-state index contributed by atoms with van der Waals surface area (Å²) in [7, 11) is 1.57. The second kappa shape index (κ2) is 7.07. The van der Waals surface area contributed by atoms with Crippen LogP contribution in [0.15, 0.2) is 0 Å². The van der Waals surface area contributed by atoms with Crippen LogP contribution in [-0.4, -0.2) is 62.8 Å². The zero-order chi connectivity index (χ0) is 12.8. The second-order valence-electron chi connectivity index (χ2n) is 5.28. The Morgan fingerprint density at radius 1 is 1.22 bits per heavy atom. The van der Waals surface area contributed by atoms with E-state index in [0.29, 0.717) is 12.1 Å². The first kappa shape index (κ1) is 13.8. The molecule has 2 fully saturated rings. The number of piperidine rings is 2. The molecular formula is C13H25N3O2. The van der Waals surface area contributed by atoms with Crippen molar-refractivity contribution in [3.8, 4) is 0 Å². The molecule has 5 nitrogen and oxygen atoms in total. The molecule has 0 aromatic carbocycles. The van der Waals surface area contributed by atoms with Crippen LogP contribution in [0.5, 0.6) is 0 Å². The lowest BCUT2D eigenvalue weighted by Crippen LogP contribution is -2.50. The molecule has 18 heavy (non-hydrogen) atoms. The minimum atomic E-state index is 0.123. The number of carbonyl (C=O) groups excluding carboxylic acids is 1. The first-order valence-electron chi connectivity index (χ1n) is 7.03. The van der Waals surface area contributed by atoms with Crippen LogP contribution in [0.3, 0.4) is 0 Å². The van der Waals surface area contributed by atoms with Crippen molar-refractivity contribution < 1.29 is 9.53 Å². The minimum Gasteiger partial charge on any atom is -0.375 e. The van der Waals surface area contributed by atoms with E-state index < -0.39 is 0 Å². The lowest BCUT2D eigenvalue weighted by molar-refractivity contribution is -0.136. The summed E-state index contributed by atoms with van der Waals surface area (Å²) in [6, 6.07) is 1.25. The summed E-state index contributed by atoms with van der Waals surface area (Å²) in [6.45, 7) is 4.20. The number of carbonyl (C=O) groups is 1. The average molecular weight is 255 g/mol. The van der Waals surface area contributed by atoms with Gasteiger partial charge in [0.15, 0.2) is 0 Å². The summed E-state index contributed by atoms with van der Waals surface area (Å²) in [4.78, 5) is 13.6. The third-order valence-corrected chi connectivity index (χ3v) is 3.93. The van der Waals surface area contributed by atoms with Crippen LogP contribution >= 0.6 is 0 Å². The topological polar surface area (TPSA) is 53.6 Å². The number of methoxy groups -OCH3 is 1. The SMILES string of the molecule is COCC(=O)N1CCC(NC2CCNCC2)CC1. The van der Waals surface area contributed by atoms with Crippen molar-refractivity contribution in [3.63, 3.8) is 0 Å². The van der Waals surface area contributed by atoms with Gasteiger partial charge in [-0.1, -0.05) is 0 Å². The molecule has 2 heterocycles. The van der Waals surface area contributed by atoms with Crippen LogP contribution in [0, 0.1) is 0 Å². The van der Waals surface area contributed by atoms with Crippen molar-refractivity contribution in [1.29, 1.82) is 0 Å². The highest BCUT2D eigenvalue weighted by molar-refractivity contribution is 5.77. The number of nitrogens with zero attached hydrogens (tertiary/aromatic N) is 1. The summed E-state index contributed by atoms with van der Waals surface area (Å²) in [5.41, 5.74) is 0. The molecule has 2 saturated heterocycles. The summed E-state index contributed by atoms with van der Waals surface area (Å²) >= 11 is 0. The summed E-state index contributed by atoms with van der Waals surface area (Å²) in [5.74, 6) is 0.123. The fourth-order valence-corrected chi connectivity index (χ4v) is 2.83. The molecule has 2 N–H and O–H groups in total. The van der Waals surface area contributed by atoms with Gasteiger partial charge in [-0.25, -0.2) is 0 Å². The third kappa shape index (κ3) is 3.93. The van der Waals surface area contributed by atoms with E-state index in [0.717, 1.165) is 39.0 Å². The zero-order valence-corrected chi connectivity index (χ0v) is 11.3. The van der Waals surface area contributed by atoms with Crippen LogP contribution in [0.25, 0.3) is 0 Å². The predicted octanol–water partition coefficient (Wildman–Crippen LogP) is -0.0346. The van der Waals surface area contributed by atoms with Crippen molar-refractivity contribution >= 4 is 5.91 Å². The van der Waals surface area contributed by atoms with E-state index in [1.807, 2.05) is 4.90 Å². The standard InChI is InChI=1S/C13H25N3O2/c1-18-10-13(17)16-8-4-12(5-9-16)15-11-2-6-14-7-3-11/h11-12,14-15H,2-10H2,1H3. The largest absolute Gasteiger partial charge is 0.375 e. The Labute approximate surface area is 109 Å². The van der Waals surface area contributed by atoms with Gasteiger partial charge in [-0.3, -0.25) is 4.79 Å². The van der Waals surface area contributed by atoms with Gasteiger partial charge < -0.3 is 20.3 Å². The van der Waals surface area contributed by atoms with Gasteiger partial charge in [0.05, 0.1) is 0 Å². The summed E-state index contributed by atoms with van der Waals surface area (Å²) in [5, 5.41) is 7.12. The minimum absolute atomic E-state index is 0.123. The van der Waals surface area contributed by atoms with Gasteiger partial charge in [-0.2, -0.15) is 0 Å². The van der Waals surface area contributed by atoms with Crippen molar-refractivity contribution in [2.45, 2.75) is 37.8 Å². The quantitative estimate of drug-likeness (QED) is 0.740. The Bertz CT molecular complexity index is 259. The normalized spacial score (nSPS) is 23.3. The molecule has 2 aliphatic rings. The van der Waals surface area contributed by atoms with E-state index >= 15 is 0 Å². The predicted molar refractivity (Wildman–Crippen MR) is 70.5 cm³/mol. The van der Waals surface area contributed by atoms with Crippen molar-refractivity contribution in [1.82, 2.24) is 15.5 Å². The van der Waals surface area contributed by atoms with Crippen molar-refractivity contribution in [2.24, 2.45) is 0 Å². The van der Waals surface area contributed by atoms with Gasteiger partial charge in [-0.15, -0.1) is 0 Å². The highest BCUT2D eigenvalue weighted by Crippen LogP contribution is 2.13. The molecule has 2 rings (SSSR count). The van der Waals surface area contributed by atoms with E-state index in [9.17, 15) is 4.79 Å². The van der Waals surface area contributed by atoms with Crippen LogP contribution in [0.4, 0.5) is 0 Å². The van der Waals surface area contributed by atoms with Gasteiger partial charge in [0.25, 0.3) is 0 Å². The monoisotopic (exact) mass is 255 g/mol. The van der Waals surface area contributed by atoms with Gasteiger partial charge in [0, 0.05) is 32.3 Å². The third-order valence-electron chi connectivity index (χ3n) is 3.93.